The molecule has 1 N–H and O–H groups in total. The Morgan fingerprint density at radius 1 is 1.12 bits per heavy atom. The number of fused-ring (bicyclic) bond motifs is 4. The van der Waals surface area contributed by atoms with E-state index in [2.05, 4.69) is 9.97 Å². The molecule has 0 unspecified atom stereocenters. The van der Waals surface area contributed by atoms with Crippen molar-refractivity contribution in [1.82, 2.24) is 9.97 Å². The highest BCUT2D eigenvalue weighted by molar-refractivity contribution is 7.18. The van der Waals surface area contributed by atoms with Crippen LogP contribution in [0.4, 0.5) is 0 Å². The number of benzene rings is 1. The Bertz CT molecular complexity index is 1060. The second kappa shape index (κ2) is 5.74. The second-order valence-corrected chi connectivity index (χ2v) is 7.37. The zero-order chi connectivity index (χ0) is 16.8. The van der Waals surface area contributed by atoms with Gasteiger partial charge in [-0.15, -0.1) is 11.3 Å². The largest absolute Gasteiger partial charge is 0.454 e. The van der Waals surface area contributed by atoms with Crippen molar-refractivity contribution in [3.05, 3.63) is 50.4 Å². The Hall–Kier alpha value is -2.60. The highest BCUT2D eigenvalue weighted by Crippen LogP contribution is 2.34. The molecular weight excluding hydrogens is 336 g/mol. The lowest BCUT2D eigenvalue weighted by molar-refractivity contribution is 0.174. The number of nitrogens with zero attached hydrogens (tertiary/aromatic N) is 1. The third-order valence-electron chi connectivity index (χ3n) is 4.67. The summed E-state index contributed by atoms with van der Waals surface area (Å²) in [5.74, 6) is 2.08. The molecule has 3 aromatic rings. The molecule has 0 atom stereocenters. The quantitative estimate of drug-likeness (QED) is 0.763. The van der Waals surface area contributed by atoms with Crippen LogP contribution >= 0.6 is 11.3 Å². The van der Waals surface area contributed by atoms with E-state index in [0.717, 1.165) is 46.5 Å². The van der Waals surface area contributed by atoms with Crippen molar-refractivity contribution >= 4 is 33.7 Å². The van der Waals surface area contributed by atoms with Gasteiger partial charge in [0.25, 0.3) is 5.56 Å². The zero-order valence-electron chi connectivity index (χ0n) is 13.5. The molecule has 3 heterocycles. The molecule has 0 saturated carbocycles. The summed E-state index contributed by atoms with van der Waals surface area (Å²) in [6.07, 6.45) is 8.17. The number of hydrogen-bond donors (Lipinski definition) is 1. The van der Waals surface area contributed by atoms with Gasteiger partial charge in [0.1, 0.15) is 10.7 Å². The average Bonchev–Trinajstić information content (AvgIpc) is 3.23. The molecule has 1 aromatic carbocycles. The normalized spacial score (nSPS) is 15.8. The van der Waals surface area contributed by atoms with Gasteiger partial charge in [-0.2, -0.15) is 0 Å². The number of thiophene rings is 1. The first-order chi connectivity index (χ1) is 12.3. The SMILES string of the molecule is O=c1[nH]c(/C=C/c2ccc3c(c2)OCO3)nc2sc3c(c12)CCCC3. The summed E-state index contributed by atoms with van der Waals surface area (Å²) < 4.78 is 10.7. The summed E-state index contributed by atoms with van der Waals surface area (Å²) in [5.41, 5.74) is 2.15. The number of H-pyrrole nitrogens is 1. The van der Waals surface area contributed by atoms with E-state index in [0.29, 0.717) is 5.82 Å². The number of aromatic amines is 1. The molecule has 0 spiro atoms. The van der Waals surface area contributed by atoms with Crippen molar-refractivity contribution in [2.24, 2.45) is 0 Å². The van der Waals surface area contributed by atoms with Gasteiger partial charge in [0.05, 0.1) is 5.39 Å². The van der Waals surface area contributed by atoms with Gasteiger partial charge in [0, 0.05) is 4.88 Å². The van der Waals surface area contributed by atoms with Crippen molar-refractivity contribution in [3.8, 4) is 11.5 Å². The summed E-state index contributed by atoms with van der Waals surface area (Å²) in [5, 5.41) is 0.792. The maximum Gasteiger partial charge on any atom is 0.260 e. The van der Waals surface area contributed by atoms with Crippen LogP contribution in [-0.4, -0.2) is 16.8 Å². The minimum Gasteiger partial charge on any atom is -0.454 e. The van der Waals surface area contributed by atoms with Crippen molar-refractivity contribution < 1.29 is 9.47 Å². The molecule has 1 aliphatic carbocycles. The number of ether oxygens (including phenoxy) is 2. The lowest BCUT2D eigenvalue weighted by Gasteiger charge is -2.09. The molecule has 0 bridgehead atoms. The maximum atomic E-state index is 12.5. The van der Waals surface area contributed by atoms with Crippen LogP contribution < -0.4 is 15.0 Å². The number of aryl methyl sites for hydroxylation is 2. The van der Waals surface area contributed by atoms with E-state index in [1.807, 2.05) is 30.4 Å². The van der Waals surface area contributed by atoms with Gasteiger partial charge in [0.15, 0.2) is 11.5 Å². The smallest absolute Gasteiger partial charge is 0.260 e. The van der Waals surface area contributed by atoms with Crippen LogP contribution in [0.1, 0.15) is 34.7 Å². The van der Waals surface area contributed by atoms with Gasteiger partial charge in [-0.25, -0.2) is 4.98 Å². The molecule has 1 aliphatic heterocycles. The Morgan fingerprint density at radius 3 is 2.96 bits per heavy atom. The topological polar surface area (TPSA) is 64.2 Å². The third-order valence-corrected chi connectivity index (χ3v) is 5.86. The average molecular weight is 352 g/mol. The van der Waals surface area contributed by atoms with Gasteiger partial charge in [0.2, 0.25) is 6.79 Å². The van der Waals surface area contributed by atoms with Gasteiger partial charge < -0.3 is 14.5 Å². The monoisotopic (exact) mass is 352 g/mol. The standard InChI is InChI=1S/C19H16N2O3S/c22-18-17-12-3-1-2-4-15(12)25-19(17)21-16(20-18)8-6-11-5-7-13-14(9-11)24-10-23-13/h5-9H,1-4,10H2,(H,20,21,22)/b8-6+. The fourth-order valence-corrected chi connectivity index (χ4v) is 4.72. The highest BCUT2D eigenvalue weighted by atomic mass is 32.1. The predicted octanol–water partition coefficient (Wildman–Crippen LogP) is 3.76. The minimum atomic E-state index is -0.0327. The third kappa shape index (κ3) is 2.53. The molecule has 0 saturated heterocycles. The molecule has 5 nitrogen and oxygen atoms in total. The van der Waals surface area contributed by atoms with Gasteiger partial charge in [-0.3, -0.25) is 4.79 Å². The predicted molar refractivity (Wildman–Crippen MR) is 98.4 cm³/mol. The number of aromatic nitrogens is 2. The van der Waals surface area contributed by atoms with E-state index in [9.17, 15) is 4.79 Å². The molecule has 25 heavy (non-hydrogen) atoms. The van der Waals surface area contributed by atoms with E-state index in [1.54, 1.807) is 11.3 Å². The van der Waals surface area contributed by atoms with E-state index in [4.69, 9.17) is 9.47 Å². The van der Waals surface area contributed by atoms with Crippen molar-refractivity contribution in [2.45, 2.75) is 25.7 Å². The van der Waals surface area contributed by atoms with Crippen LogP contribution in [0.3, 0.4) is 0 Å². The van der Waals surface area contributed by atoms with E-state index < -0.39 is 0 Å². The van der Waals surface area contributed by atoms with Crippen molar-refractivity contribution in [1.29, 1.82) is 0 Å². The minimum absolute atomic E-state index is 0.0327. The summed E-state index contributed by atoms with van der Waals surface area (Å²) in [4.78, 5) is 22.3. The molecule has 126 valence electrons. The summed E-state index contributed by atoms with van der Waals surface area (Å²) in [6, 6.07) is 5.75. The van der Waals surface area contributed by atoms with Crippen LogP contribution in [0.15, 0.2) is 23.0 Å². The Labute approximate surface area is 147 Å². The number of nitrogens with one attached hydrogen (secondary N) is 1. The number of hydrogen-bond acceptors (Lipinski definition) is 5. The van der Waals surface area contributed by atoms with Crippen LogP contribution in [0.5, 0.6) is 11.5 Å². The van der Waals surface area contributed by atoms with Crippen LogP contribution in [0.2, 0.25) is 0 Å². The van der Waals surface area contributed by atoms with E-state index in [1.165, 1.54) is 16.9 Å². The van der Waals surface area contributed by atoms with Crippen LogP contribution in [-0.2, 0) is 12.8 Å². The van der Waals surface area contributed by atoms with Crippen LogP contribution in [0.25, 0.3) is 22.4 Å². The summed E-state index contributed by atoms with van der Waals surface area (Å²) >= 11 is 1.66. The summed E-state index contributed by atoms with van der Waals surface area (Å²) in [6.45, 7) is 0.261. The molecule has 2 aliphatic rings. The fraction of sp³-hybridized carbons (Fsp3) is 0.263. The van der Waals surface area contributed by atoms with Gasteiger partial charge >= 0.3 is 0 Å². The molecular formula is C19H16N2O3S. The zero-order valence-corrected chi connectivity index (χ0v) is 14.3. The van der Waals surface area contributed by atoms with Gasteiger partial charge in [-0.05, 0) is 55.0 Å². The molecule has 0 fully saturated rings. The molecule has 5 rings (SSSR count). The lowest BCUT2D eigenvalue weighted by atomic mass is 9.97. The Kier molecular flexibility index (Phi) is 3.38. The first-order valence-corrected chi connectivity index (χ1v) is 9.22. The van der Waals surface area contributed by atoms with Crippen molar-refractivity contribution in [2.75, 3.05) is 6.79 Å². The second-order valence-electron chi connectivity index (χ2n) is 6.29. The Morgan fingerprint density at radius 2 is 2.00 bits per heavy atom. The number of rotatable bonds is 2. The summed E-state index contributed by atoms with van der Waals surface area (Å²) in [7, 11) is 0. The van der Waals surface area contributed by atoms with Crippen LogP contribution in [0, 0.1) is 0 Å². The highest BCUT2D eigenvalue weighted by Gasteiger charge is 2.19. The fourth-order valence-electron chi connectivity index (χ4n) is 3.45. The first-order valence-electron chi connectivity index (χ1n) is 8.40. The van der Waals surface area contributed by atoms with E-state index >= 15 is 0 Å². The van der Waals surface area contributed by atoms with E-state index in [-0.39, 0.29) is 12.4 Å². The maximum absolute atomic E-state index is 12.5. The molecule has 6 heteroatoms. The van der Waals surface area contributed by atoms with Gasteiger partial charge in [-0.1, -0.05) is 12.1 Å². The molecule has 0 amide bonds. The lowest BCUT2D eigenvalue weighted by Crippen LogP contribution is -2.11. The first kappa shape index (κ1) is 14.7. The molecule has 2 aromatic heterocycles. The Balaban J connectivity index is 1.52. The van der Waals surface area contributed by atoms with Crippen molar-refractivity contribution in [3.63, 3.8) is 0 Å². The molecule has 0 radical (unpaired) electrons.